The predicted octanol–water partition coefficient (Wildman–Crippen LogP) is 4.09. The SMILES string of the molecule is CCC(C)Oc1cc(C)ccc1CNC(=NC)NCCc1cccnc1.I. The van der Waals surface area contributed by atoms with Gasteiger partial charge < -0.3 is 15.4 Å². The molecule has 0 spiro atoms. The van der Waals surface area contributed by atoms with Crippen molar-refractivity contribution in [2.45, 2.75) is 46.3 Å². The summed E-state index contributed by atoms with van der Waals surface area (Å²) in [7, 11) is 1.78. The Morgan fingerprint density at radius 3 is 2.74 bits per heavy atom. The smallest absolute Gasteiger partial charge is 0.191 e. The minimum Gasteiger partial charge on any atom is -0.490 e. The van der Waals surface area contributed by atoms with E-state index in [0.29, 0.717) is 6.54 Å². The minimum atomic E-state index is 0. The number of nitrogens with one attached hydrogen (secondary N) is 2. The number of aliphatic imine (C=N–C) groups is 1. The molecule has 1 aromatic heterocycles. The second kappa shape index (κ2) is 12.5. The maximum absolute atomic E-state index is 6.07. The molecule has 1 unspecified atom stereocenters. The van der Waals surface area contributed by atoms with E-state index in [2.05, 4.69) is 65.6 Å². The number of benzene rings is 1. The maximum Gasteiger partial charge on any atom is 0.191 e. The molecule has 0 aliphatic carbocycles. The first kappa shape index (κ1) is 23.2. The van der Waals surface area contributed by atoms with Gasteiger partial charge >= 0.3 is 0 Å². The van der Waals surface area contributed by atoms with Crippen LogP contribution < -0.4 is 15.4 Å². The van der Waals surface area contributed by atoms with Crippen LogP contribution in [0.4, 0.5) is 0 Å². The third kappa shape index (κ3) is 8.15. The highest BCUT2D eigenvalue weighted by Crippen LogP contribution is 2.22. The van der Waals surface area contributed by atoms with Gasteiger partial charge in [-0.15, -0.1) is 24.0 Å². The molecule has 0 radical (unpaired) electrons. The molecule has 0 aliphatic rings. The van der Waals surface area contributed by atoms with Crippen molar-refractivity contribution < 1.29 is 4.74 Å². The van der Waals surface area contributed by atoms with Gasteiger partial charge in [-0.2, -0.15) is 0 Å². The summed E-state index contributed by atoms with van der Waals surface area (Å²) in [5.74, 6) is 1.72. The monoisotopic (exact) mass is 482 g/mol. The Kier molecular flexibility index (Phi) is 10.8. The number of nitrogens with zero attached hydrogens (tertiary/aromatic N) is 2. The van der Waals surface area contributed by atoms with E-state index >= 15 is 0 Å². The predicted molar refractivity (Wildman–Crippen MR) is 123 cm³/mol. The number of rotatable bonds is 8. The normalized spacial score (nSPS) is 12.1. The fourth-order valence-corrected chi connectivity index (χ4v) is 2.49. The summed E-state index contributed by atoms with van der Waals surface area (Å²) < 4.78 is 6.07. The van der Waals surface area contributed by atoms with Crippen molar-refractivity contribution in [1.29, 1.82) is 0 Å². The lowest BCUT2D eigenvalue weighted by Gasteiger charge is -2.18. The number of ether oxygens (including phenoxy) is 1. The van der Waals surface area contributed by atoms with Gasteiger partial charge in [-0.1, -0.05) is 25.1 Å². The average molecular weight is 482 g/mol. The van der Waals surface area contributed by atoms with Crippen LogP contribution in [0.25, 0.3) is 0 Å². The van der Waals surface area contributed by atoms with Gasteiger partial charge in [0.2, 0.25) is 0 Å². The zero-order valence-corrected chi connectivity index (χ0v) is 19.0. The van der Waals surface area contributed by atoms with Crippen LogP contribution in [0, 0.1) is 6.92 Å². The van der Waals surface area contributed by atoms with E-state index in [0.717, 1.165) is 36.7 Å². The zero-order chi connectivity index (χ0) is 18.8. The molecule has 1 heterocycles. The number of halogens is 1. The molecular formula is C21H31IN4O. The molecule has 0 bridgehead atoms. The van der Waals surface area contributed by atoms with Crippen molar-refractivity contribution >= 4 is 29.9 Å². The van der Waals surface area contributed by atoms with Crippen LogP contribution in [0.3, 0.4) is 0 Å². The van der Waals surface area contributed by atoms with Crippen molar-refractivity contribution in [3.63, 3.8) is 0 Å². The van der Waals surface area contributed by atoms with Crippen LogP contribution in [0.5, 0.6) is 5.75 Å². The van der Waals surface area contributed by atoms with Crippen molar-refractivity contribution in [2.24, 2.45) is 4.99 Å². The average Bonchev–Trinajstić information content (AvgIpc) is 2.66. The lowest BCUT2D eigenvalue weighted by atomic mass is 10.1. The summed E-state index contributed by atoms with van der Waals surface area (Å²) in [5.41, 5.74) is 3.54. The van der Waals surface area contributed by atoms with Crippen LogP contribution in [-0.2, 0) is 13.0 Å². The first-order chi connectivity index (χ1) is 12.6. The van der Waals surface area contributed by atoms with E-state index in [9.17, 15) is 0 Å². The summed E-state index contributed by atoms with van der Waals surface area (Å²) in [6, 6.07) is 10.4. The number of pyridine rings is 1. The molecule has 0 saturated heterocycles. The molecule has 1 atom stereocenters. The van der Waals surface area contributed by atoms with E-state index < -0.39 is 0 Å². The number of guanidine groups is 1. The fraction of sp³-hybridized carbons (Fsp3) is 0.429. The zero-order valence-electron chi connectivity index (χ0n) is 16.7. The van der Waals surface area contributed by atoms with E-state index in [1.807, 2.05) is 12.3 Å². The Morgan fingerprint density at radius 1 is 1.26 bits per heavy atom. The Bertz CT molecular complexity index is 707. The summed E-state index contributed by atoms with van der Waals surface area (Å²) in [4.78, 5) is 8.43. The van der Waals surface area contributed by atoms with Crippen LogP contribution >= 0.6 is 24.0 Å². The molecule has 5 nitrogen and oxygen atoms in total. The largest absolute Gasteiger partial charge is 0.490 e. The molecule has 2 aromatic rings. The van der Waals surface area contributed by atoms with Crippen LogP contribution in [-0.4, -0.2) is 30.6 Å². The molecule has 148 valence electrons. The first-order valence-corrected chi connectivity index (χ1v) is 9.22. The van der Waals surface area contributed by atoms with Crippen molar-refractivity contribution in [3.8, 4) is 5.75 Å². The van der Waals surface area contributed by atoms with E-state index in [1.165, 1.54) is 11.1 Å². The third-order valence-corrected chi connectivity index (χ3v) is 4.22. The quantitative estimate of drug-likeness (QED) is 0.338. The van der Waals surface area contributed by atoms with Crippen LogP contribution in [0.1, 0.15) is 37.0 Å². The van der Waals surface area contributed by atoms with Gasteiger partial charge in [0.05, 0.1) is 6.10 Å². The van der Waals surface area contributed by atoms with E-state index in [4.69, 9.17) is 4.74 Å². The Labute approximate surface area is 180 Å². The number of aromatic nitrogens is 1. The Morgan fingerprint density at radius 2 is 2.07 bits per heavy atom. The molecular weight excluding hydrogens is 451 g/mol. The molecule has 6 heteroatoms. The van der Waals surface area contributed by atoms with Gasteiger partial charge in [-0.3, -0.25) is 9.98 Å². The van der Waals surface area contributed by atoms with E-state index in [1.54, 1.807) is 13.2 Å². The number of aryl methyl sites for hydroxylation is 1. The summed E-state index contributed by atoms with van der Waals surface area (Å²) in [5, 5.41) is 6.71. The van der Waals surface area contributed by atoms with Gasteiger partial charge in [-0.25, -0.2) is 0 Å². The lowest BCUT2D eigenvalue weighted by molar-refractivity contribution is 0.215. The molecule has 27 heavy (non-hydrogen) atoms. The lowest BCUT2D eigenvalue weighted by Crippen LogP contribution is -2.38. The highest BCUT2D eigenvalue weighted by Gasteiger charge is 2.08. The van der Waals surface area contributed by atoms with Gasteiger partial charge in [0.15, 0.2) is 5.96 Å². The van der Waals surface area contributed by atoms with Gasteiger partial charge in [-0.05, 0) is 49.9 Å². The first-order valence-electron chi connectivity index (χ1n) is 9.22. The molecule has 0 amide bonds. The number of hydrogen-bond donors (Lipinski definition) is 2. The van der Waals surface area contributed by atoms with Crippen molar-refractivity contribution in [3.05, 3.63) is 59.4 Å². The molecule has 1 aromatic carbocycles. The summed E-state index contributed by atoms with van der Waals surface area (Å²) in [6.45, 7) is 7.78. The Hall–Kier alpha value is -1.83. The van der Waals surface area contributed by atoms with Gasteiger partial charge in [0.1, 0.15) is 5.75 Å². The second-order valence-electron chi connectivity index (χ2n) is 6.41. The van der Waals surface area contributed by atoms with Crippen LogP contribution in [0.2, 0.25) is 0 Å². The van der Waals surface area contributed by atoms with Gasteiger partial charge in [0.25, 0.3) is 0 Å². The standard InChI is InChI=1S/C21H30N4O.HI/c1-5-17(3)26-20-13-16(2)8-9-19(20)15-25-21(22-4)24-12-10-18-7-6-11-23-14-18;/h6-9,11,13-14,17H,5,10,12,15H2,1-4H3,(H2,22,24,25);1H. The summed E-state index contributed by atoms with van der Waals surface area (Å²) >= 11 is 0. The van der Waals surface area contributed by atoms with Crippen LogP contribution in [0.15, 0.2) is 47.7 Å². The highest BCUT2D eigenvalue weighted by molar-refractivity contribution is 14.0. The molecule has 2 rings (SSSR count). The molecule has 0 saturated carbocycles. The molecule has 0 fully saturated rings. The second-order valence-corrected chi connectivity index (χ2v) is 6.41. The third-order valence-electron chi connectivity index (χ3n) is 4.22. The maximum atomic E-state index is 6.07. The Balaban J connectivity index is 0.00000364. The van der Waals surface area contributed by atoms with Crippen molar-refractivity contribution in [2.75, 3.05) is 13.6 Å². The van der Waals surface area contributed by atoms with Crippen molar-refractivity contribution in [1.82, 2.24) is 15.6 Å². The van der Waals surface area contributed by atoms with E-state index in [-0.39, 0.29) is 30.1 Å². The summed E-state index contributed by atoms with van der Waals surface area (Å²) in [6.07, 6.45) is 5.77. The minimum absolute atomic E-state index is 0. The molecule has 0 aliphatic heterocycles. The molecule has 2 N–H and O–H groups in total. The fourth-order valence-electron chi connectivity index (χ4n) is 2.49. The highest BCUT2D eigenvalue weighted by atomic mass is 127. The topological polar surface area (TPSA) is 58.5 Å². The number of hydrogen-bond acceptors (Lipinski definition) is 3. The van der Waals surface area contributed by atoms with Gasteiger partial charge in [0, 0.05) is 38.1 Å².